The van der Waals surface area contributed by atoms with Gasteiger partial charge in [0, 0.05) is 23.4 Å². The summed E-state index contributed by atoms with van der Waals surface area (Å²) in [6.45, 7) is 0. The Hall–Kier alpha value is -3.34. The molecule has 140 valence electrons. The summed E-state index contributed by atoms with van der Waals surface area (Å²) in [4.78, 5) is 0. The van der Waals surface area contributed by atoms with Crippen LogP contribution in [0.1, 0.15) is 17.2 Å². The number of anilines is 1. The number of methoxy groups -OCH3 is 3. The zero-order valence-corrected chi connectivity index (χ0v) is 15.6. The van der Waals surface area contributed by atoms with E-state index < -0.39 is 0 Å². The van der Waals surface area contributed by atoms with E-state index in [1.165, 1.54) is 0 Å². The Morgan fingerprint density at radius 3 is 1.93 bits per heavy atom. The zero-order chi connectivity index (χ0) is 19.2. The first kappa shape index (κ1) is 18.5. The molecule has 0 saturated carbocycles. The van der Waals surface area contributed by atoms with Crippen molar-refractivity contribution in [3.05, 3.63) is 77.9 Å². The number of rotatable bonds is 7. The highest BCUT2D eigenvalue weighted by Crippen LogP contribution is 2.41. The molecule has 0 amide bonds. The number of ether oxygens (including phenoxy) is 3. The molecule has 0 saturated heterocycles. The lowest BCUT2D eigenvalue weighted by Crippen LogP contribution is -2.13. The second-order valence-electron chi connectivity index (χ2n) is 5.96. The average molecular weight is 365 g/mol. The van der Waals surface area contributed by atoms with Crippen molar-refractivity contribution >= 4 is 5.69 Å². The third kappa shape index (κ3) is 3.92. The van der Waals surface area contributed by atoms with Crippen LogP contribution in [-0.4, -0.2) is 26.4 Å². The first-order valence-electron chi connectivity index (χ1n) is 8.57. The summed E-state index contributed by atoms with van der Waals surface area (Å²) in [5, 5.41) is 13.9. The highest BCUT2D eigenvalue weighted by Gasteiger charge is 2.20. The van der Waals surface area contributed by atoms with Gasteiger partial charge in [0.1, 0.15) is 5.75 Å². The van der Waals surface area contributed by atoms with Gasteiger partial charge in [-0.2, -0.15) is 0 Å². The van der Waals surface area contributed by atoms with Gasteiger partial charge in [-0.15, -0.1) is 0 Å². The van der Waals surface area contributed by atoms with E-state index in [1.807, 2.05) is 54.6 Å². The van der Waals surface area contributed by atoms with Crippen LogP contribution in [0.4, 0.5) is 5.69 Å². The van der Waals surface area contributed by atoms with E-state index in [0.717, 1.165) is 16.8 Å². The Morgan fingerprint density at radius 2 is 1.37 bits per heavy atom. The molecule has 0 spiro atoms. The van der Waals surface area contributed by atoms with E-state index in [0.29, 0.717) is 17.2 Å². The molecule has 0 unspecified atom stereocenters. The zero-order valence-electron chi connectivity index (χ0n) is 15.6. The van der Waals surface area contributed by atoms with Gasteiger partial charge < -0.3 is 24.6 Å². The summed E-state index contributed by atoms with van der Waals surface area (Å²) < 4.78 is 16.3. The van der Waals surface area contributed by atoms with Gasteiger partial charge in [-0.3, -0.25) is 0 Å². The quantitative estimate of drug-likeness (QED) is 0.640. The average Bonchev–Trinajstić information content (AvgIpc) is 2.72. The number of hydrogen-bond donors (Lipinski definition) is 2. The normalized spacial score (nSPS) is 11.5. The number of nitrogens with one attached hydrogen (secondary N) is 1. The fourth-order valence-electron chi connectivity index (χ4n) is 3.05. The Bertz CT molecular complexity index is 871. The van der Waals surface area contributed by atoms with E-state index in [9.17, 15) is 5.11 Å². The van der Waals surface area contributed by atoms with Gasteiger partial charge in [0.05, 0.1) is 27.4 Å². The minimum atomic E-state index is -0.254. The number of phenolic OH excluding ortho intramolecular Hbond substituents is 1. The molecule has 5 heteroatoms. The smallest absolute Gasteiger partial charge is 0.203 e. The molecule has 0 bridgehead atoms. The maximum Gasteiger partial charge on any atom is 0.203 e. The highest BCUT2D eigenvalue weighted by atomic mass is 16.5. The standard InChI is InChI=1S/C22H23NO4/c1-25-19-13-16(14-20(26-2)22(19)27-3)23-21(15-9-5-4-6-10-15)17-11-7-8-12-18(17)24/h4-14,21,23-24H,1-3H3/t21-/m0/s1. The van der Waals surface area contributed by atoms with Crippen LogP contribution < -0.4 is 19.5 Å². The summed E-state index contributed by atoms with van der Waals surface area (Å²) in [5.41, 5.74) is 2.58. The van der Waals surface area contributed by atoms with Crippen molar-refractivity contribution in [2.75, 3.05) is 26.6 Å². The van der Waals surface area contributed by atoms with Crippen LogP contribution in [0.15, 0.2) is 66.7 Å². The van der Waals surface area contributed by atoms with E-state index in [-0.39, 0.29) is 11.8 Å². The molecule has 3 aromatic carbocycles. The largest absolute Gasteiger partial charge is 0.508 e. The molecule has 3 rings (SSSR count). The minimum absolute atomic E-state index is 0.228. The molecule has 27 heavy (non-hydrogen) atoms. The monoisotopic (exact) mass is 365 g/mol. The van der Waals surface area contributed by atoms with Crippen molar-refractivity contribution in [1.82, 2.24) is 0 Å². The summed E-state index contributed by atoms with van der Waals surface area (Å²) in [7, 11) is 4.74. The summed E-state index contributed by atoms with van der Waals surface area (Å²) in [6.07, 6.45) is 0. The lowest BCUT2D eigenvalue weighted by atomic mass is 9.97. The van der Waals surface area contributed by atoms with Crippen LogP contribution in [-0.2, 0) is 0 Å². The maximum absolute atomic E-state index is 10.4. The molecule has 0 aliphatic rings. The van der Waals surface area contributed by atoms with Gasteiger partial charge in [-0.05, 0) is 11.6 Å². The number of aromatic hydroxyl groups is 1. The Labute approximate surface area is 159 Å². The van der Waals surface area contributed by atoms with Crippen molar-refractivity contribution < 1.29 is 19.3 Å². The molecular weight excluding hydrogens is 342 g/mol. The third-order valence-corrected chi connectivity index (χ3v) is 4.36. The van der Waals surface area contributed by atoms with Crippen LogP contribution >= 0.6 is 0 Å². The van der Waals surface area contributed by atoms with Crippen LogP contribution in [0.5, 0.6) is 23.0 Å². The second-order valence-corrected chi connectivity index (χ2v) is 5.96. The van der Waals surface area contributed by atoms with Gasteiger partial charge in [0.15, 0.2) is 11.5 Å². The van der Waals surface area contributed by atoms with Crippen molar-refractivity contribution in [3.63, 3.8) is 0 Å². The maximum atomic E-state index is 10.4. The predicted molar refractivity (Wildman–Crippen MR) is 106 cm³/mol. The number of phenols is 1. The summed E-state index contributed by atoms with van der Waals surface area (Å²) in [6, 6.07) is 20.7. The van der Waals surface area contributed by atoms with Crippen LogP contribution in [0.2, 0.25) is 0 Å². The van der Waals surface area contributed by atoms with Gasteiger partial charge >= 0.3 is 0 Å². The molecule has 3 aromatic rings. The second kappa shape index (κ2) is 8.36. The summed E-state index contributed by atoms with van der Waals surface area (Å²) >= 11 is 0. The van der Waals surface area contributed by atoms with Gasteiger partial charge in [-0.25, -0.2) is 0 Å². The fraction of sp³-hybridized carbons (Fsp3) is 0.182. The molecule has 0 radical (unpaired) electrons. The van der Waals surface area contributed by atoms with Crippen molar-refractivity contribution in [3.8, 4) is 23.0 Å². The lowest BCUT2D eigenvalue weighted by molar-refractivity contribution is 0.324. The molecule has 0 heterocycles. The van der Waals surface area contributed by atoms with E-state index >= 15 is 0 Å². The van der Waals surface area contributed by atoms with Crippen LogP contribution in [0.3, 0.4) is 0 Å². The minimum Gasteiger partial charge on any atom is -0.508 e. The Balaban J connectivity index is 2.06. The van der Waals surface area contributed by atoms with Crippen molar-refractivity contribution in [1.29, 1.82) is 0 Å². The molecule has 0 fully saturated rings. The first-order chi connectivity index (χ1) is 13.2. The number of para-hydroxylation sites is 1. The SMILES string of the molecule is COc1cc(N[C@@H](c2ccccc2)c2ccccc2O)cc(OC)c1OC. The number of benzene rings is 3. The molecule has 5 nitrogen and oxygen atoms in total. The topological polar surface area (TPSA) is 60.0 Å². The fourth-order valence-corrected chi connectivity index (χ4v) is 3.05. The molecule has 0 aliphatic heterocycles. The van der Waals surface area contributed by atoms with Gasteiger partial charge in [0.2, 0.25) is 5.75 Å². The van der Waals surface area contributed by atoms with Gasteiger partial charge in [0.25, 0.3) is 0 Å². The van der Waals surface area contributed by atoms with Crippen LogP contribution in [0.25, 0.3) is 0 Å². The van der Waals surface area contributed by atoms with E-state index in [2.05, 4.69) is 5.32 Å². The molecular formula is C22H23NO4. The summed E-state index contributed by atoms with van der Waals surface area (Å²) in [5.74, 6) is 1.88. The first-order valence-corrected chi connectivity index (χ1v) is 8.57. The third-order valence-electron chi connectivity index (χ3n) is 4.36. The molecule has 0 aliphatic carbocycles. The highest BCUT2D eigenvalue weighted by molar-refractivity contribution is 5.64. The lowest BCUT2D eigenvalue weighted by Gasteiger charge is -2.23. The molecule has 1 atom stereocenters. The van der Waals surface area contributed by atoms with Crippen molar-refractivity contribution in [2.24, 2.45) is 0 Å². The molecule has 2 N–H and O–H groups in total. The Morgan fingerprint density at radius 1 is 0.778 bits per heavy atom. The van der Waals surface area contributed by atoms with Crippen molar-refractivity contribution in [2.45, 2.75) is 6.04 Å². The van der Waals surface area contributed by atoms with Crippen LogP contribution in [0, 0.1) is 0 Å². The predicted octanol–water partition coefficient (Wildman–Crippen LogP) is 4.62. The van der Waals surface area contributed by atoms with E-state index in [4.69, 9.17) is 14.2 Å². The number of hydrogen-bond acceptors (Lipinski definition) is 5. The molecule has 0 aromatic heterocycles. The van der Waals surface area contributed by atoms with Gasteiger partial charge in [-0.1, -0.05) is 48.5 Å². The van der Waals surface area contributed by atoms with E-state index in [1.54, 1.807) is 33.5 Å². The Kier molecular flexibility index (Phi) is 5.71.